The van der Waals surface area contributed by atoms with Crippen LogP contribution in [0.2, 0.25) is 0 Å². The monoisotopic (exact) mass is 340 g/mol. The minimum Gasteiger partial charge on any atom is -0.497 e. The van der Waals surface area contributed by atoms with E-state index in [1.807, 2.05) is 24.3 Å². The van der Waals surface area contributed by atoms with Gasteiger partial charge >= 0.3 is 0 Å². The van der Waals surface area contributed by atoms with E-state index in [1.54, 1.807) is 19.4 Å². The number of methoxy groups -OCH3 is 1. The number of hydrogen-bond acceptors (Lipinski definition) is 5. The average molecular weight is 340 g/mol. The Morgan fingerprint density at radius 3 is 2.96 bits per heavy atom. The van der Waals surface area contributed by atoms with Crippen LogP contribution in [0.15, 0.2) is 43.1 Å². The maximum atomic E-state index is 11.2. The van der Waals surface area contributed by atoms with Crippen molar-refractivity contribution in [2.24, 2.45) is 5.92 Å². The fourth-order valence-corrected chi connectivity index (χ4v) is 4.45. The molecule has 1 aromatic carbocycles. The third-order valence-corrected chi connectivity index (χ3v) is 5.94. The van der Waals surface area contributed by atoms with Crippen LogP contribution in [0.25, 0.3) is 10.9 Å². The lowest BCUT2D eigenvalue weighted by Crippen LogP contribution is -2.63. The van der Waals surface area contributed by atoms with Gasteiger partial charge in [0.25, 0.3) is 0 Å². The predicted octanol–water partition coefficient (Wildman–Crippen LogP) is 2.29. The molecular weight excluding hydrogens is 316 g/mol. The Kier molecular flexibility index (Phi) is 4.02. The molecule has 3 fully saturated rings. The van der Waals surface area contributed by atoms with Crippen LogP contribution in [0.4, 0.5) is 0 Å². The summed E-state index contributed by atoms with van der Waals surface area (Å²) in [5, 5.41) is 22.8. The van der Waals surface area contributed by atoms with Gasteiger partial charge in [-0.05, 0) is 55.1 Å². The Bertz CT molecular complexity index is 809. The standard InChI is InChI=1S/C20H24N2O3/c1-3-20(24)12-22-9-7-13(20)10-18(22)19(23)15-6-8-21-17-5-4-14(25-2)11-16(15)17/h3-6,8,11,13,18-19,23-24H,1,7,9-10,12H2,2H3/t13?,18?,19?,20-/m1/s1. The van der Waals surface area contributed by atoms with Gasteiger partial charge in [-0.2, -0.15) is 0 Å². The van der Waals surface area contributed by atoms with Crippen LogP contribution >= 0.6 is 0 Å². The number of aromatic nitrogens is 1. The summed E-state index contributed by atoms with van der Waals surface area (Å²) in [7, 11) is 1.63. The molecule has 1 aromatic heterocycles. The average Bonchev–Trinajstić information content (AvgIpc) is 2.66. The zero-order chi connectivity index (χ0) is 17.6. The van der Waals surface area contributed by atoms with E-state index in [1.165, 1.54) is 0 Å². The van der Waals surface area contributed by atoms with E-state index in [2.05, 4.69) is 16.5 Å². The summed E-state index contributed by atoms with van der Waals surface area (Å²) in [6, 6.07) is 7.60. The first-order valence-electron chi connectivity index (χ1n) is 8.76. The maximum absolute atomic E-state index is 11.2. The highest BCUT2D eigenvalue weighted by atomic mass is 16.5. The van der Waals surface area contributed by atoms with Crippen molar-refractivity contribution in [1.82, 2.24) is 9.88 Å². The number of pyridine rings is 1. The van der Waals surface area contributed by atoms with Gasteiger partial charge < -0.3 is 14.9 Å². The molecule has 5 nitrogen and oxygen atoms in total. The summed E-state index contributed by atoms with van der Waals surface area (Å²) in [5.74, 6) is 0.901. The zero-order valence-electron chi connectivity index (χ0n) is 14.4. The Labute approximate surface area is 147 Å². The Balaban J connectivity index is 1.69. The number of rotatable bonds is 4. The normalized spacial score (nSPS) is 32.5. The first kappa shape index (κ1) is 16.5. The molecule has 2 bridgehead atoms. The number of aliphatic hydroxyl groups is 2. The molecule has 0 saturated carbocycles. The number of nitrogens with zero attached hydrogens (tertiary/aromatic N) is 2. The second kappa shape index (κ2) is 6.09. The lowest BCUT2D eigenvalue weighted by Gasteiger charge is -2.54. The van der Waals surface area contributed by atoms with Gasteiger partial charge in [0.05, 0.1) is 24.3 Å². The van der Waals surface area contributed by atoms with E-state index in [4.69, 9.17) is 4.74 Å². The fourth-order valence-electron chi connectivity index (χ4n) is 4.45. The van der Waals surface area contributed by atoms with Crippen LogP contribution in [0, 0.1) is 5.92 Å². The zero-order valence-corrected chi connectivity index (χ0v) is 14.4. The second-order valence-corrected chi connectivity index (χ2v) is 7.18. The van der Waals surface area contributed by atoms with Crippen molar-refractivity contribution >= 4 is 10.9 Å². The largest absolute Gasteiger partial charge is 0.497 e. The molecule has 2 aromatic rings. The number of hydrogen-bond donors (Lipinski definition) is 2. The van der Waals surface area contributed by atoms with Gasteiger partial charge in [-0.15, -0.1) is 6.58 Å². The van der Waals surface area contributed by atoms with Gasteiger partial charge in [0.2, 0.25) is 0 Å². The van der Waals surface area contributed by atoms with Crippen LogP contribution in [-0.2, 0) is 0 Å². The van der Waals surface area contributed by atoms with Gasteiger partial charge in [0.15, 0.2) is 0 Å². The second-order valence-electron chi connectivity index (χ2n) is 7.18. The Hall–Kier alpha value is -1.95. The van der Waals surface area contributed by atoms with E-state index in [9.17, 15) is 10.2 Å². The minimum atomic E-state index is -0.835. The molecule has 0 spiro atoms. The molecule has 2 N–H and O–H groups in total. The van der Waals surface area contributed by atoms with E-state index < -0.39 is 11.7 Å². The van der Waals surface area contributed by atoms with Crippen molar-refractivity contribution in [1.29, 1.82) is 0 Å². The summed E-state index contributed by atoms with van der Waals surface area (Å²) >= 11 is 0. The molecular formula is C20H24N2O3. The molecule has 5 heteroatoms. The summed E-state index contributed by atoms with van der Waals surface area (Å²) in [6.45, 7) is 5.24. The minimum absolute atomic E-state index is 0.00391. The van der Waals surface area contributed by atoms with Gasteiger partial charge in [0, 0.05) is 24.2 Å². The maximum Gasteiger partial charge on any atom is 0.119 e. The van der Waals surface area contributed by atoms with Crippen molar-refractivity contribution in [2.75, 3.05) is 20.2 Å². The van der Waals surface area contributed by atoms with Crippen LogP contribution in [0.1, 0.15) is 24.5 Å². The molecule has 3 saturated heterocycles. The molecule has 0 aliphatic carbocycles. The number of piperidine rings is 3. The third kappa shape index (κ3) is 2.63. The molecule has 0 radical (unpaired) electrons. The Morgan fingerprint density at radius 2 is 2.28 bits per heavy atom. The first-order chi connectivity index (χ1) is 12.1. The van der Waals surface area contributed by atoms with Crippen molar-refractivity contribution < 1.29 is 14.9 Å². The summed E-state index contributed by atoms with van der Waals surface area (Å²) < 4.78 is 5.33. The molecule has 25 heavy (non-hydrogen) atoms. The number of ether oxygens (including phenoxy) is 1. The van der Waals surface area contributed by atoms with Gasteiger partial charge in [-0.3, -0.25) is 9.88 Å². The van der Waals surface area contributed by atoms with Crippen LogP contribution in [0.3, 0.4) is 0 Å². The topological polar surface area (TPSA) is 65.8 Å². The predicted molar refractivity (Wildman–Crippen MR) is 96.5 cm³/mol. The van der Waals surface area contributed by atoms with Crippen LogP contribution in [0.5, 0.6) is 5.75 Å². The molecule has 132 valence electrons. The summed E-state index contributed by atoms with van der Waals surface area (Å²) in [6.07, 6.45) is 4.48. The van der Waals surface area contributed by atoms with E-state index in [0.717, 1.165) is 41.6 Å². The molecule has 4 heterocycles. The molecule has 5 rings (SSSR count). The van der Waals surface area contributed by atoms with Gasteiger partial charge in [-0.25, -0.2) is 0 Å². The van der Waals surface area contributed by atoms with Gasteiger partial charge in [0.1, 0.15) is 5.75 Å². The molecule has 0 amide bonds. The van der Waals surface area contributed by atoms with Crippen molar-refractivity contribution in [3.8, 4) is 5.75 Å². The molecule has 4 unspecified atom stereocenters. The molecule has 3 aliphatic heterocycles. The summed E-state index contributed by atoms with van der Waals surface area (Å²) in [5.41, 5.74) is 0.873. The molecule has 3 aliphatic rings. The van der Waals surface area contributed by atoms with Crippen LogP contribution in [-0.4, -0.2) is 51.9 Å². The number of fused-ring (bicyclic) bond motifs is 4. The number of aliphatic hydroxyl groups excluding tert-OH is 1. The van der Waals surface area contributed by atoms with Crippen LogP contribution < -0.4 is 4.74 Å². The SMILES string of the molecule is C=C[C@@]1(O)CN2CCC1CC2C(O)c1ccnc2ccc(OC)cc12. The first-order valence-corrected chi connectivity index (χ1v) is 8.76. The highest BCUT2D eigenvalue weighted by Crippen LogP contribution is 2.44. The fraction of sp³-hybridized carbons (Fsp3) is 0.450. The van der Waals surface area contributed by atoms with E-state index in [0.29, 0.717) is 6.54 Å². The van der Waals surface area contributed by atoms with E-state index >= 15 is 0 Å². The van der Waals surface area contributed by atoms with Crippen molar-refractivity contribution in [2.45, 2.75) is 30.6 Å². The lowest BCUT2D eigenvalue weighted by molar-refractivity contribution is -0.127. The molecule has 5 atom stereocenters. The van der Waals surface area contributed by atoms with Crippen molar-refractivity contribution in [3.63, 3.8) is 0 Å². The highest BCUT2D eigenvalue weighted by Gasteiger charge is 2.49. The lowest BCUT2D eigenvalue weighted by atomic mass is 9.71. The number of benzene rings is 1. The summed E-state index contributed by atoms with van der Waals surface area (Å²) in [4.78, 5) is 6.59. The van der Waals surface area contributed by atoms with Crippen molar-refractivity contribution in [3.05, 3.63) is 48.7 Å². The Morgan fingerprint density at radius 1 is 1.44 bits per heavy atom. The quantitative estimate of drug-likeness (QED) is 0.836. The van der Waals surface area contributed by atoms with Gasteiger partial charge in [-0.1, -0.05) is 6.08 Å². The highest BCUT2D eigenvalue weighted by molar-refractivity contribution is 5.83. The van der Waals surface area contributed by atoms with E-state index in [-0.39, 0.29) is 12.0 Å². The smallest absolute Gasteiger partial charge is 0.119 e. The third-order valence-electron chi connectivity index (χ3n) is 5.94.